The van der Waals surface area contributed by atoms with Crippen LogP contribution in [0.2, 0.25) is 0 Å². The number of aromatic nitrogens is 1. The van der Waals surface area contributed by atoms with Crippen molar-refractivity contribution >= 4 is 21.6 Å². The van der Waals surface area contributed by atoms with Crippen LogP contribution in [0.5, 0.6) is 0 Å². The summed E-state index contributed by atoms with van der Waals surface area (Å²) in [6.07, 6.45) is 0. The summed E-state index contributed by atoms with van der Waals surface area (Å²) in [5, 5.41) is 2.82. The van der Waals surface area contributed by atoms with Crippen molar-refractivity contribution in [3.05, 3.63) is 102 Å². The summed E-state index contributed by atoms with van der Waals surface area (Å²) in [5.74, 6) is -0.734. The molecule has 0 spiro atoms. The number of carbonyl (C=O) groups excluding carboxylic acids is 1. The van der Waals surface area contributed by atoms with Crippen LogP contribution >= 0.6 is 0 Å². The van der Waals surface area contributed by atoms with E-state index in [2.05, 4.69) is 10.0 Å². The zero-order valence-electron chi connectivity index (χ0n) is 20.5. The average molecular weight is 506 g/mol. The molecule has 0 aliphatic heterocycles. The molecular weight excluding hydrogens is 477 g/mol. The number of amides is 1. The molecule has 186 valence electrons. The Bertz CT molecular complexity index is 1500. The number of benzene rings is 3. The number of nitrogens with one attached hydrogen (secondary N) is 2. The molecule has 2 N–H and O–H groups in total. The quantitative estimate of drug-likeness (QED) is 0.341. The summed E-state index contributed by atoms with van der Waals surface area (Å²) in [6.45, 7) is 7.10. The van der Waals surface area contributed by atoms with Gasteiger partial charge in [0.1, 0.15) is 5.82 Å². The Morgan fingerprint density at radius 1 is 0.889 bits per heavy atom. The average Bonchev–Trinajstić information content (AvgIpc) is 3.16. The largest absolute Gasteiger partial charge is 0.322 e. The Morgan fingerprint density at radius 3 is 2.19 bits per heavy atom. The lowest BCUT2D eigenvalue weighted by Crippen LogP contribution is -2.40. The number of hydrogen-bond acceptors (Lipinski definition) is 3. The fraction of sp³-hybridized carbons (Fsp3) is 0.179. The molecule has 0 atom stereocenters. The van der Waals surface area contributed by atoms with Gasteiger partial charge >= 0.3 is 0 Å². The van der Waals surface area contributed by atoms with E-state index in [0.29, 0.717) is 22.6 Å². The third kappa shape index (κ3) is 5.56. The van der Waals surface area contributed by atoms with Crippen LogP contribution in [0.1, 0.15) is 36.8 Å². The number of rotatable bonds is 6. The predicted octanol–water partition coefficient (Wildman–Crippen LogP) is 5.92. The third-order valence-corrected chi connectivity index (χ3v) is 7.24. The van der Waals surface area contributed by atoms with Crippen molar-refractivity contribution in [2.45, 2.75) is 38.1 Å². The first kappa shape index (κ1) is 25.3. The van der Waals surface area contributed by atoms with Gasteiger partial charge in [0.05, 0.1) is 16.2 Å². The molecule has 1 amide bonds. The van der Waals surface area contributed by atoms with Gasteiger partial charge in [-0.25, -0.2) is 17.5 Å². The molecule has 36 heavy (non-hydrogen) atoms. The fourth-order valence-electron chi connectivity index (χ4n) is 3.98. The number of anilines is 1. The summed E-state index contributed by atoms with van der Waals surface area (Å²) in [7, 11) is -3.76. The highest BCUT2D eigenvalue weighted by Gasteiger charge is 2.23. The molecular formula is C28H28FN3O3S. The van der Waals surface area contributed by atoms with E-state index in [1.165, 1.54) is 24.3 Å². The van der Waals surface area contributed by atoms with Gasteiger partial charge in [-0.05, 0) is 81.8 Å². The minimum atomic E-state index is -3.76. The van der Waals surface area contributed by atoms with Crippen LogP contribution in [0, 0.1) is 12.7 Å². The smallest absolute Gasteiger partial charge is 0.257 e. The Labute approximate surface area is 210 Å². The van der Waals surface area contributed by atoms with Crippen molar-refractivity contribution in [1.82, 2.24) is 9.29 Å². The van der Waals surface area contributed by atoms with Crippen LogP contribution in [0.15, 0.2) is 89.8 Å². The van der Waals surface area contributed by atoms with Crippen molar-refractivity contribution in [2.24, 2.45) is 0 Å². The zero-order valence-corrected chi connectivity index (χ0v) is 21.4. The molecule has 0 fully saturated rings. The van der Waals surface area contributed by atoms with E-state index in [-0.39, 0.29) is 16.6 Å². The maximum atomic E-state index is 13.6. The standard InChI is InChI=1S/C28H28FN3O3S/c1-19-25(27(33)30-22-11-8-12-24(17-22)36(34,35)31-28(2,3)4)18-26(20-9-6-5-7-10-20)32(19)23-15-13-21(29)14-16-23/h5-18,31H,1-4H3,(H,30,33). The van der Waals surface area contributed by atoms with Gasteiger partial charge in [0.25, 0.3) is 5.91 Å². The molecule has 0 unspecified atom stereocenters. The van der Waals surface area contributed by atoms with Gasteiger partial charge < -0.3 is 9.88 Å². The molecule has 6 nitrogen and oxygen atoms in total. The highest BCUT2D eigenvalue weighted by Crippen LogP contribution is 2.30. The van der Waals surface area contributed by atoms with Crippen LogP contribution in [0.4, 0.5) is 10.1 Å². The molecule has 3 aromatic carbocycles. The first-order chi connectivity index (χ1) is 16.9. The highest BCUT2D eigenvalue weighted by atomic mass is 32.2. The van der Waals surface area contributed by atoms with Crippen LogP contribution in [0.25, 0.3) is 16.9 Å². The Hall–Kier alpha value is -3.75. The van der Waals surface area contributed by atoms with Crippen molar-refractivity contribution in [3.8, 4) is 16.9 Å². The highest BCUT2D eigenvalue weighted by molar-refractivity contribution is 7.89. The van der Waals surface area contributed by atoms with Crippen LogP contribution in [-0.4, -0.2) is 24.4 Å². The van der Waals surface area contributed by atoms with Crippen molar-refractivity contribution in [3.63, 3.8) is 0 Å². The number of sulfonamides is 1. The second-order valence-electron chi connectivity index (χ2n) is 9.54. The van der Waals surface area contributed by atoms with E-state index in [1.54, 1.807) is 51.1 Å². The van der Waals surface area contributed by atoms with Gasteiger partial charge in [-0.3, -0.25) is 4.79 Å². The fourth-order valence-corrected chi connectivity index (χ4v) is 5.45. The molecule has 4 rings (SSSR count). The Balaban J connectivity index is 1.72. The minimum absolute atomic E-state index is 0.0563. The van der Waals surface area contributed by atoms with E-state index in [1.807, 2.05) is 41.8 Å². The van der Waals surface area contributed by atoms with E-state index in [0.717, 1.165) is 11.3 Å². The van der Waals surface area contributed by atoms with Crippen molar-refractivity contribution < 1.29 is 17.6 Å². The van der Waals surface area contributed by atoms with E-state index in [9.17, 15) is 17.6 Å². The summed E-state index contributed by atoms with van der Waals surface area (Å²) in [6, 6.07) is 23.6. The number of carbonyl (C=O) groups is 1. The van der Waals surface area contributed by atoms with E-state index < -0.39 is 15.6 Å². The second kappa shape index (κ2) is 9.72. The van der Waals surface area contributed by atoms with Crippen LogP contribution in [-0.2, 0) is 10.0 Å². The maximum absolute atomic E-state index is 13.6. The lowest BCUT2D eigenvalue weighted by atomic mass is 10.1. The normalized spacial score (nSPS) is 11.9. The SMILES string of the molecule is Cc1c(C(=O)Nc2cccc(S(=O)(=O)NC(C)(C)C)c2)cc(-c2ccccc2)n1-c1ccc(F)cc1. The van der Waals surface area contributed by atoms with Crippen molar-refractivity contribution in [1.29, 1.82) is 0 Å². The number of halogens is 1. The molecule has 8 heteroatoms. The molecule has 0 bridgehead atoms. The molecule has 0 saturated carbocycles. The third-order valence-electron chi connectivity index (χ3n) is 5.49. The molecule has 4 aromatic rings. The van der Waals surface area contributed by atoms with Gasteiger partial charge in [-0.1, -0.05) is 36.4 Å². The predicted molar refractivity (Wildman–Crippen MR) is 140 cm³/mol. The first-order valence-corrected chi connectivity index (χ1v) is 12.9. The van der Waals surface area contributed by atoms with Crippen LogP contribution in [0.3, 0.4) is 0 Å². The van der Waals surface area contributed by atoms with Gasteiger partial charge in [-0.15, -0.1) is 0 Å². The molecule has 1 aromatic heterocycles. The van der Waals surface area contributed by atoms with E-state index in [4.69, 9.17) is 0 Å². The van der Waals surface area contributed by atoms with E-state index >= 15 is 0 Å². The summed E-state index contributed by atoms with van der Waals surface area (Å²) >= 11 is 0. The summed E-state index contributed by atoms with van der Waals surface area (Å²) in [5.41, 5.74) is 3.17. The topological polar surface area (TPSA) is 80.2 Å². The lowest BCUT2D eigenvalue weighted by Gasteiger charge is -2.20. The van der Waals surface area contributed by atoms with Gasteiger partial charge in [0.2, 0.25) is 10.0 Å². The molecule has 1 heterocycles. The van der Waals surface area contributed by atoms with Crippen molar-refractivity contribution in [2.75, 3.05) is 5.32 Å². The Morgan fingerprint density at radius 2 is 1.56 bits per heavy atom. The van der Waals surface area contributed by atoms with Crippen LogP contribution < -0.4 is 10.0 Å². The zero-order chi connectivity index (χ0) is 26.1. The minimum Gasteiger partial charge on any atom is -0.322 e. The lowest BCUT2D eigenvalue weighted by molar-refractivity contribution is 0.102. The van der Waals surface area contributed by atoms with Gasteiger partial charge in [0, 0.05) is 22.6 Å². The molecule has 0 aliphatic rings. The molecule has 0 saturated heterocycles. The monoisotopic (exact) mass is 505 g/mol. The molecule has 0 aliphatic carbocycles. The Kier molecular flexibility index (Phi) is 6.84. The maximum Gasteiger partial charge on any atom is 0.257 e. The number of hydrogen-bond donors (Lipinski definition) is 2. The number of nitrogens with zero attached hydrogens (tertiary/aromatic N) is 1. The summed E-state index contributed by atoms with van der Waals surface area (Å²) < 4.78 is 43.6. The summed E-state index contributed by atoms with van der Waals surface area (Å²) in [4.78, 5) is 13.4. The second-order valence-corrected chi connectivity index (χ2v) is 11.2. The van der Waals surface area contributed by atoms with Gasteiger partial charge in [0.15, 0.2) is 0 Å². The molecule has 0 radical (unpaired) electrons. The van der Waals surface area contributed by atoms with Gasteiger partial charge in [-0.2, -0.15) is 0 Å². The first-order valence-electron chi connectivity index (χ1n) is 11.4.